The van der Waals surface area contributed by atoms with Crippen molar-refractivity contribution in [3.8, 4) is 11.6 Å². The van der Waals surface area contributed by atoms with Gasteiger partial charge in [-0.25, -0.2) is 25.8 Å². The number of hydrogen-bond acceptors (Lipinski definition) is 6. The fraction of sp³-hybridized carbons (Fsp3) is 0.273. The Balaban J connectivity index is 2.43. The van der Waals surface area contributed by atoms with Crippen molar-refractivity contribution in [3.63, 3.8) is 0 Å². The highest BCUT2D eigenvalue weighted by molar-refractivity contribution is 5.48. The Kier molecular flexibility index (Phi) is 3.56. The first-order valence-electron chi connectivity index (χ1n) is 5.45. The van der Waals surface area contributed by atoms with Gasteiger partial charge in [-0.1, -0.05) is 13.3 Å². The molecule has 0 bridgehead atoms. The molecule has 0 fully saturated rings. The van der Waals surface area contributed by atoms with Gasteiger partial charge in [-0.3, -0.25) is 0 Å². The van der Waals surface area contributed by atoms with Crippen LogP contribution in [0.25, 0.3) is 11.6 Å². The van der Waals surface area contributed by atoms with Crippen molar-refractivity contribution >= 4 is 5.82 Å². The number of nitrogen functional groups attached to an aromatic ring is 1. The Morgan fingerprint density at radius 2 is 1.94 bits per heavy atom. The fourth-order valence-electron chi connectivity index (χ4n) is 1.47. The molecule has 0 aliphatic carbocycles. The molecule has 3 N–H and O–H groups in total. The summed E-state index contributed by atoms with van der Waals surface area (Å²) in [4.78, 5) is 16.9. The van der Waals surface area contributed by atoms with Gasteiger partial charge >= 0.3 is 0 Å². The maximum absolute atomic E-state index is 5.38. The molecule has 0 spiro atoms. The molecule has 2 rings (SSSR count). The average Bonchev–Trinajstić information content (AvgIpc) is 2.40. The number of rotatable bonds is 4. The van der Waals surface area contributed by atoms with Gasteiger partial charge in [0.2, 0.25) is 0 Å². The summed E-state index contributed by atoms with van der Waals surface area (Å²) in [5, 5.41) is 0. The van der Waals surface area contributed by atoms with Crippen LogP contribution >= 0.6 is 0 Å². The molecule has 0 radical (unpaired) electrons. The molecule has 2 aromatic rings. The van der Waals surface area contributed by atoms with Crippen molar-refractivity contribution < 1.29 is 0 Å². The Bertz CT molecular complexity index is 485. The summed E-state index contributed by atoms with van der Waals surface area (Å²) >= 11 is 0. The van der Waals surface area contributed by atoms with Crippen LogP contribution in [0.1, 0.15) is 19.0 Å². The molecule has 0 atom stereocenters. The van der Waals surface area contributed by atoms with E-state index in [4.69, 9.17) is 5.84 Å². The molecule has 17 heavy (non-hydrogen) atoms. The van der Waals surface area contributed by atoms with E-state index in [9.17, 15) is 0 Å². The van der Waals surface area contributed by atoms with Gasteiger partial charge in [0.15, 0.2) is 11.6 Å². The van der Waals surface area contributed by atoms with E-state index in [1.165, 1.54) is 0 Å². The maximum Gasteiger partial charge on any atom is 0.199 e. The van der Waals surface area contributed by atoms with Crippen molar-refractivity contribution in [2.24, 2.45) is 5.84 Å². The van der Waals surface area contributed by atoms with E-state index in [1.807, 2.05) is 6.07 Å². The first kappa shape index (κ1) is 11.4. The second-order valence-electron chi connectivity index (χ2n) is 3.53. The number of nitrogens with one attached hydrogen (secondary N) is 1. The van der Waals surface area contributed by atoms with Crippen molar-refractivity contribution in [2.45, 2.75) is 19.8 Å². The quantitative estimate of drug-likeness (QED) is 0.605. The van der Waals surface area contributed by atoms with E-state index >= 15 is 0 Å². The molecule has 0 amide bonds. The molecule has 0 unspecified atom stereocenters. The molecule has 88 valence electrons. The van der Waals surface area contributed by atoms with Gasteiger partial charge in [0.1, 0.15) is 5.82 Å². The lowest BCUT2D eigenvalue weighted by Crippen LogP contribution is -2.11. The monoisotopic (exact) mass is 230 g/mol. The second kappa shape index (κ2) is 5.31. The number of hydrogen-bond donors (Lipinski definition) is 2. The zero-order valence-corrected chi connectivity index (χ0v) is 9.59. The van der Waals surface area contributed by atoms with E-state index in [2.05, 4.69) is 32.3 Å². The largest absolute Gasteiger partial charge is 0.308 e. The number of aromatic nitrogens is 4. The molecule has 0 saturated heterocycles. The number of nitrogens with zero attached hydrogens (tertiary/aromatic N) is 4. The molecule has 2 aromatic heterocycles. The van der Waals surface area contributed by atoms with Gasteiger partial charge in [0.25, 0.3) is 0 Å². The van der Waals surface area contributed by atoms with Gasteiger partial charge in [0, 0.05) is 24.2 Å². The maximum atomic E-state index is 5.38. The number of anilines is 1. The predicted molar refractivity (Wildman–Crippen MR) is 64.9 cm³/mol. The second-order valence-corrected chi connectivity index (χ2v) is 3.53. The van der Waals surface area contributed by atoms with Gasteiger partial charge in [-0.2, -0.15) is 0 Å². The highest BCUT2D eigenvalue weighted by Crippen LogP contribution is 2.14. The molecule has 0 aliphatic heterocycles. The first-order chi connectivity index (χ1) is 8.33. The molecule has 0 saturated carbocycles. The Morgan fingerprint density at radius 3 is 2.59 bits per heavy atom. The molecule has 0 aromatic carbocycles. The van der Waals surface area contributed by atoms with Gasteiger partial charge in [-0.15, -0.1) is 0 Å². The lowest BCUT2D eigenvalue weighted by molar-refractivity contribution is 0.871. The molecule has 6 nitrogen and oxygen atoms in total. The minimum atomic E-state index is 0.490. The van der Waals surface area contributed by atoms with Crippen LogP contribution in [-0.4, -0.2) is 19.9 Å². The van der Waals surface area contributed by atoms with E-state index in [0.717, 1.165) is 18.5 Å². The van der Waals surface area contributed by atoms with Crippen LogP contribution in [0, 0.1) is 0 Å². The molecular weight excluding hydrogens is 216 g/mol. The smallest absolute Gasteiger partial charge is 0.199 e. The third-order valence-corrected chi connectivity index (χ3v) is 2.20. The van der Waals surface area contributed by atoms with Crippen LogP contribution in [0.15, 0.2) is 24.5 Å². The topological polar surface area (TPSA) is 89.6 Å². The minimum Gasteiger partial charge on any atom is -0.308 e. The number of nitrogens with two attached hydrogens (primary N) is 1. The summed E-state index contributed by atoms with van der Waals surface area (Å²) in [7, 11) is 0. The minimum absolute atomic E-state index is 0.490. The van der Waals surface area contributed by atoms with Crippen LogP contribution in [0.5, 0.6) is 0 Å². The van der Waals surface area contributed by atoms with Crippen LogP contribution in [0.3, 0.4) is 0 Å². The highest BCUT2D eigenvalue weighted by Gasteiger charge is 2.07. The summed E-state index contributed by atoms with van der Waals surface area (Å²) in [5.74, 6) is 6.95. The average molecular weight is 230 g/mol. The van der Waals surface area contributed by atoms with Gasteiger partial charge < -0.3 is 5.43 Å². The summed E-state index contributed by atoms with van der Waals surface area (Å²) in [5.41, 5.74) is 3.46. The molecule has 6 heteroatoms. The standard InChI is InChI=1S/C11H14N6/c1-2-4-8-7-9(17-12)16-11(15-8)10-13-5-3-6-14-10/h3,5-7H,2,4,12H2,1H3,(H,15,16,17). The van der Waals surface area contributed by atoms with Crippen molar-refractivity contribution in [1.82, 2.24) is 19.9 Å². The molecule has 0 aliphatic rings. The number of aryl methyl sites for hydroxylation is 1. The van der Waals surface area contributed by atoms with Gasteiger partial charge in [-0.05, 0) is 12.5 Å². The zero-order valence-electron chi connectivity index (χ0n) is 9.59. The van der Waals surface area contributed by atoms with Gasteiger partial charge in [0.05, 0.1) is 0 Å². The summed E-state index contributed by atoms with van der Waals surface area (Å²) in [6.07, 6.45) is 5.20. The summed E-state index contributed by atoms with van der Waals surface area (Å²) in [6.45, 7) is 2.09. The van der Waals surface area contributed by atoms with Crippen molar-refractivity contribution in [1.29, 1.82) is 0 Å². The van der Waals surface area contributed by atoms with Crippen molar-refractivity contribution in [2.75, 3.05) is 5.43 Å². The first-order valence-corrected chi connectivity index (χ1v) is 5.45. The SMILES string of the molecule is CCCc1cc(NN)nc(-c2ncccn2)n1. The Morgan fingerprint density at radius 1 is 1.18 bits per heavy atom. The third-order valence-electron chi connectivity index (χ3n) is 2.20. The zero-order chi connectivity index (χ0) is 12.1. The lowest BCUT2D eigenvalue weighted by Gasteiger charge is -2.05. The van der Waals surface area contributed by atoms with E-state index in [-0.39, 0.29) is 0 Å². The van der Waals surface area contributed by atoms with Crippen LogP contribution in [0.4, 0.5) is 5.82 Å². The third kappa shape index (κ3) is 2.73. The lowest BCUT2D eigenvalue weighted by atomic mass is 10.2. The van der Waals surface area contributed by atoms with Crippen LogP contribution < -0.4 is 11.3 Å². The van der Waals surface area contributed by atoms with Crippen LogP contribution in [0.2, 0.25) is 0 Å². The van der Waals surface area contributed by atoms with E-state index < -0.39 is 0 Å². The summed E-state index contributed by atoms with van der Waals surface area (Å²) < 4.78 is 0. The fourth-order valence-corrected chi connectivity index (χ4v) is 1.47. The molecule has 2 heterocycles. The molecular formula is C11H14N6. The normalized spacial score (nSPS) is 10.2. The highest BCUT2D eigenvalue weighted by atomic mass is 15.3. The Labute approximate surface area is 99.3 Å². The van der Waals surface area contributed by atoms with Crippen LogP contribution in [-0.2, 0) is 6.42 Å². The van der Waals surface area contributed by atoms with E-state index in [0.29, 0.717) is 17.5 Å². The van der Waals surface area contributed by atoms with E-state index in [1.54, 1.807) is 18.5 Å². The van der Waals surface area contributed by atoms with Crippen molar-refractivity contribution in [3.05, 3.63) is 30.2 Å². The Hall–Kier alpha value is -2.08. The summed E-state index contributed by atoms with van der Waals surface area (Å²) in [6, 6.07) is 3.58. The predicted octanol–water partition coefficient (Wildman–Crippen LogP) is 1.17. The number of hydrazine groups is 1.